The molecule has 0 spiro atoms. The predicted octanol–water partition coefficient (Wildman–Crippen LogP) is 5.53. The van der Waals surface area contributed by atoms with Crippen LogP contribution in [0.25, 0.3) is 0 Å². The van der Waals surface area contributed by atoms with Gasteiger partial charge in [-0.25, -0.2) is 0 Å². The number of hydrogen-bond donors (Lipinski definition) is 1. The van der Waals surface area contributed by atoms with E-state index in [-0.39, 0.29) is 11.9 Å². The lowest BCUT2D eigenvalue weighted by Crippen LogP contribution is -2.32. The van der Waals surface area contributed by atoms with Crippen LogP contribution >= 0.6 is 0 Å². The molecule has 2 aromatic rings. The minimum Gasteiger partial charge on any atom is -0.490 e. The Morgan fingerprint density at radius 3 is 2.34 bits per heavy atom. The van der Waals surface area contributed by atoms with Gasteiger partial charge in [0.25, 0.3) is 0 Å². The normalized spacial score (nSPS) is 15.3. The Morgan fingerprint density at radius 1 is 1.03 bits per heavy atom. The second kappa shape index (κ2) is 11.8. The van der Waals surface area contributed by atoms with Gasteiger partial charge in [-0.3, -0.25) is 4.79 Å². The van der Waals surface area contributed by atoms with Crippen LogP contribution < -0.4 is 19.7 Å². The molecular formula is C27H38N2O3. The Balaban J connectivity index is 1.51. The monoisotopic (exact) mass is 438 g/mol. The van der Waals surface area contributed by atoms with Crippen LogP contribution in [0.2, 0.25) is 0 Å². The van der Waals surface area contributed by atoms with E-state index >= 15 is 0 Å². The molecule has 3 rings (SSSR count). The molecule has 1 N–H and O–H groups in total. The summed E-state index contributed by atoms with van der Waals surface area (Å²) >= 11 is 0. The zero-order chi connectivity index (χ0) is 22.9. The highest BCUT2D eigenvalue weighted by atomic mass is 16.5. The molecule has 32 heavy (non-hydrogen) atoms. The van der Waals surface area contributed by atoms with Gasteiger partial charge in [0.2, 0.25) is 5.91 Å². The van der Waals surface area contributed by atoms with Gasteiger partial charge in [0.15, 0.2) is 11.5 Å². The largest absolute Gasteiger partial charge is 0.490 e. The number of rotatable bonds is 10. The van der Waals surface area contributed by atoms with Crippen LogP contribution in [-0.2, 0) is 11.2 Å². The van der Waals surface area contributed by atoms with E-state index in [2.05, 4.69) is 41.4 Å². The summed E-state index contributed by atoms with van der Waals surface area (Å²) in [6.07, 6.45) is 3.62. The second-order valence-electron chi connectivity index (χ2n) is 8.70. The van der Waals surface area contributed by atoms with E-state index in [1.54, 1.807) is 0 Å². The number of benzene rings is 2. The van der Waals surface area contributed by atoms with Crippen molar-refractivity contribution in [3.8, 4) is 11.5 Å². The standard InChI is InChI=1S/C27H38N2O3/c1-5-31-25-13-7-22(19-26(25)32-6-2)8-14-27(30)28-21(4)23-9-11-24(12-10-23)29-17-15-20(3)16-18-29/h7,9-13,19-21H,5-6,8,14-18H2,1-4H3,(H,28,30). The molecule has 0 bridgehead atoms. The fourth-order valence-corrected chi connectivity index (χ4v) is 4.15. The summed E-state index contributed by atoms with van der Waals surface area (Å²) in [4.78, 5) is 15.0. The van der Waals surface area contributed by atoms with E-state index in [0.29, 0.717) is 26.1 Å². The van der Waals surface area contributed by atoms with Crippen LogP contribution in [-0.4, -0.2) is 32.2 Å². The highest BCUT2D eigenvalue weighted by molar-refractivity contribution is 5.76. The number of amides is 1. The molecule has 1 aliphatic rings. The first-order valence-corrected chi connectivity index (χ1v) is 12.0. The van der Waals surface area contributed by atoms with Gasteiger partial charge in [0.05, 0.1) is 19.3 Å². The van der Waals surface area contributed by atoms with Gasteiger partial charge in [-0.1, -0.05) is 25.1 Å². The molecule has 5 heteroatoms. The highest BCUT2D eigenvalue weighted by Crippen LogP contribution is 2.29. The minimum atomic E-state index is -0.0164. The number of nitrogens with zero attached hydrogens (tertiary/aromatic N) is 1. The SMILES string of the molecule is CCOc1ccc(CCC(=O)NC(C)c2ccc(N3CCC(C)CC3)cc2)cc1OCC. The molecule has 0 aromatic heterocycles. The van der Waals surface area contributed by atoms with E-state index in [4.69, 9.17) is 9.47 Å². The summed E-state index contributed by atoms with van der Waals surface area (Å²) in [6, 6.07) is 14.5. The smallest absolute Gasteiger partial charge is 0.220 e. The van der Waals surface area contributed by atoms with Crippen LogP contribution in [0.1, 0.15) is 64.1 Å². The second-order valence-corrected chi connectivity index (χ2v) is 8.70. The van der Waals surface area contributed by atoms with E-state index in [1.165, 1.54) is 18.5 Å². The summed E-state index contributed by atoms with van der Waals surface area (Å²) in [5.74, 6) is 2.37. The lowest BCUT2D eigenvalue weighted by Gasteiger charge is -2.32. The molecule has 2 aromatic carbocycles. The highest BCUT2D eigenvalue weighted by Gasteiger charge is 2.17. The molecule has 1 saturated heterocycles. The van der Waals surface area contributed by atoms with Crippen LogP contribution in [0.3, 0.4) is 0 Å². The fourth-order valence-electron chi connectivity index (χ4n) is 4.15. The van der Waals surface area contributed by atoms with Crippen LogP contribution in [0.15, 0.2) is 42.5 Å². The van der Waals surface area contributed by atoms with Gasteiger partial charge in [-0.05, 0) is 81.3 Å². The van der Waals surface area contributed by atoms with E-state index in [9.17, 15) is 4.79 Å². The van der Waals surface area contributed by atoms with Crippen molar-refractivity contribution in [1.82, 2.24) is 5.32 Å². The number of anilines is 1. The molecule has 5 nitrogen and oxygen atoms in total. The third-order valence-electron chi connectivity index (χ3n) is 6.17. The molecule has 0 radical (unpaired) electrons. The summed E-state index contributed by atoms with van der Waals surface area (Å²) in [7, 11) is 0. The van der Waals surface area contributed by atoms with Gasteiger partial charge >= 0.3 is 0 Å². The average Bonchev–Trinajstić information content (AvgIpc) is 2.80. The Labute approximate surface area is 193 Å². The third-order valence-corrected chi connectivity index (χ3v) is 6.17. The van der Waals surface area contributed by atoms with Crippen molar-refractivity contribution in [2.75, 3.05) is 31.2 Å². The van der Waals surface area contributed by atoms with Gasteiger partial charge < -0.3 is 19.7 Å². The Bertz CT molecular complexity index is 858. The molecule has 174 valence electrons. The van der Waals surface area contributed by atoms with Gasteiger partial charge in [0.1, 0.15) is 0 Å². The topological polar surface area (TPSA) is 50.8 Å². The Kier molecular flexibility index (Phi) is 8.83. The first-order valence-electron chi connectivity index (χ1n) is 12.0. The predicted molar refractivity (Wildman–Crippen MR) is 131 cm³/mol. The van der Waals surface area contributed by atoms with Crippen LogP contribution in [0.4, 0.5) is 5.69 Å². The Morgan fingerprint density at radius 2 is 1.69 bits per heavy atom. The van der Waals surface area contributed by atoms with Gasteiger partial charge in [0, 0.05) is 25.2 Å². The molecule has 1 atom stereocenters. The van der Waals surface area contributed by atoms with Gasteiger partial charge in [-0.15, -0.1) is 0 Å². The first kappa shape index (κ1) is 24.0. The maximum atomic E-state index is 12.5. The van der Waals surface area contributed by atoms with Crippen LogP contribution in [0, 0.1) is 5.92 Å². The van der Waals surface area contributed by atoms with Crippen molar-refractivity contribution < 1.29 is 14.3 Å². The maximum Gasteiger partial charge on any atom is 0.220 e. The molecular weight excluding hydrogens is 400 g/mol. The number of nitrogens with one attached hydrogen (secondary N) is 1. The van der Waals surface area contributed by atoms with Gasteiger partial charge in [-0.2, -0.15) is 0 Å². The van der Waals surface area contributed by atoms with Crippen molar-refractivity contribution in [3.05, 3.63) is 53.6 Å². The summed E-state index contributed by atoms with van der Waals surface area (Å²) in [5, 5.41) is 3.13. The van der Waals surface area contributed by atoms with Crippen LogP contribution in [0.5, 0.6) is 11.5 Å². The summed E-state index contributed by atoms with van der Waals surface area (Å²) in [5.41, 5.74) is 3.48. The fraction of sp³-hybridized carbons (Fsp3) is 0.519. The lowest BCUT2D eigenvalue weighted by molar-refractivity contribution is -0.121. The maximum absolute atomic E-state index is 12.5. The number of aryl methyl sites for hydroxylation is 1. The number of hydrogen-bond acceptors (Lipinski definition) is 4. The van der Waals surface area contributed by atoms with E-state index in [1.807, 2.05) is 39.0 Å². The van der Waals surface area contributed by atoms with E-state index in [0.717, 1.165) is 41.6 Å². The lowest BCUT2D eigenvalue weighted by atomic mass is 9.98. The van der Waals surface area contributed by atoms with E-state index < -0.39 is 0 Å². The molecule has 1 amide bonds. The molecule has 1 heterocycles. The minimum absolute atomic E-state index is 0.0164. The number of ether oxygens (including phenoxy) is 2. The quantitative estimate of drug-likeness (QED) is 0.530. The summed E-state index contributed by atoms with van der Waals surface area (Å²) in [6.45, 7) is 11.7. The summed E-state index contributed by atoms with van der Waals surface area (Å²) < 4.78 is 11.3. The number of carbonyl (C=O) groups is 1. The van der Waals surface area contributed by atoms with Crippen molar-refractivity contribution in [2.45, 2.75) is 59.4 Å². The molecule has 1 aliphatic heterocycles. The zero-order valence-electron chi connectivity index (χ0n) is 20.0. The molecule has 1 unspecified atom stereocenters. The zero-order valence-corrected chi connectivity index (χ0v) is 20.0. The molecule has 0 aliphatic carbocycles. The van der Waals surface area contributed by atoms with Crippen molar-refractivity contribution in [1.29, 1.82) is 0 Å². The average molecular weight is 439 g/mol. The van der Waals surface area contributed by atoms with Crippen molar-refractivity contribution in [2.24, 2.45) is 5.92 Å². The Hall–Kier alpha value is -2.69. The number of piperidine rings is 1. The third kappa shape index (κ3) is 6.65. The first-order chi connectivity index (χ1) is 15.5. The molecule has 0 saturated carbocycles. The molecule has 1 fully saturated rings. The van der Waals surface area contributed by atoms with Crippen molar-refractivity contribution >= 4 is 11.6 Å². The number of carbonyl (C=O) groups excluding carboxylic acids is 1. The van der Waals surface area contributed by atoms with Crippen molar-refractivity contribution in [3.63, 3.8) is 0 Å².